The van der Waals surface area contributed by atoms with Crippen molar-refractivity contribution in [1.29, 1.82) is 0 Å². The van der Waals surface area contributed by atoms with Gasteiger partial charge in [-0.1, -0.05) is 39.0 Å². The van der Waals surface area contributed by atoms with Crippen LogP contribution >= 0.6 is 0 Å². The van der Waals surface area contributed by atoms with Gasteiger partial charge in [-0.3, -0.25) is 0 Å². The topological polar surface area (TPSA) is 0 Å². The molecule has 0 rings (SSSR count). The Hall–Kier alpha value is -0.520. The van der Waals surface area contributed by atoms with Gasteiger partial charge in [0, 0.05) is 0 Å². The van der Waals surface area contributed by atoms with E-state index in [1.807, 2.05) is 6.08 Å². The highest BCUT2D eigenvalue weighted by Crippen LogP contribution is 2.03. The summed E-state index contributed by atoms with van der Waals surface area (Å²) in [7, 11) is 0. The van der Waals surface area contributed by atoms with Gasteiger partial charge in [0.1, 0.15) is 0 Å². The lowest BCUT2D eigenvalue weighted by Gasteiger charge is -1.98. The molecule has 0 radical (unpaired) electrons. The van der Waals surface area contributed by atoms with E-state index in [9.17, 15) is 0 Å². The Kier molecular flexibility index (Phi) is 5.00. The lowest BCUT2D eigenvalue weighted by molar-refractivity contribution is 0.661. The van der Waals surface area contributed by atoms with Gasteiger partial charge in [-0.25, -0.2) is 0 Å². The lowest BCUT2D eigenvalue weighted by atomic mass is 10.1. The highest BCUT2D eigenvalue weighted by Gasteiger charge is 1.89. The third-order valence-corrected chi connectivity index (χ3v) is 1.42. The summed E-state index contributed by atoms with van der Waals surface area (Å²) in [5.41, 5.74) is 0. The van der Waals surface area contributed by atoms with Crippen molar-refractivity contribution in [2.75, 3.05) is 0 Å². The Bertz CT molecular complexity index is 109. The van der Waals surface area contributed by atoms with Gasteiger partial charge in [-0.15, -0.1) is 6.58 Å². The lowest BCUT2D eigenvalue weighted by Crippen LogP contribution is -1.84. The highest BCUT2D eigenvalue weighted by molar-refractivity contribution is 4.94. The Morgan fingerprint density at radius 2 is 1.90 bits per heavy atom. The third kappa shape index (κ3) is 5.61. The van der Waals surface area contributed by atoms with Gasteiger partial charge in [0.25, 0.3) is 0 Å². The van der Waals surface area contributed by atoms with Crippen LogP contribution < -0.4 is 0 Å². The summed E-state index contributed by atoms with van der Waals surface area (Å²) >= 11 is 0. The Balaban J connectivity index is 3.45. The minimum atomic E-state index is 0.527. The zero-order valence-corrected chi connectivity index (χ0v) is 7.30. The number of allylic oxidation sites excluding steroid dienone is 3. The fraction of sp³-hybridized carbons (Fsp3) is 0.600. The average Bonchev–Trinajstić information content (AvgIpc) is 1.87. The van der Waals surface area contributed by atoms with E-state index in [0.717, 1.165) is 5.92 Å². The summed E-state index contributed by atoms with van der Waals surface area (Å²) in [6.07, 6.45) is 7.57. The zero-order chi connectivity index (χ0) is 7.98. The van der Waals surface area contributed by atoms with E-state index in [4.69, 9.17) is 0 Å². The van der Waals surface area contributed by atoms with Crippen LogP contribution in [0.1, 0.15) is 27.2 Å². The van der Waals surface area contributed by atoms with Crippen molar-refractivity contribution >= 4 is 0 Å². The Labute approximate surface area is 64.6 Å². The second-order valence-electron chi connectivity index (χ2n) is 3.15. The van der Waals surface area contributed by atoms with Gasteiger partial charge in [-0.2, -0.15) is 0 Å². The quantitative estimate of drug-likeness (QED) is 0.522. The molecular weight excluding hydrogens is 120 g/mol. The second-order valence-corrected chi connectivity index (χ2v) is 3.15. The van der Waals surface area contributed by atoms with Crippen LogP contribution in [0.15, 0.2) is 24.8 Å². The van der Waals surface area contributed by atoms with Crippen LogP contribution in [-0.2, 0) is 0 Å². The normalized spacial score (nSPS) is 14.4. The van der Waals surface area contributed by atoms with Crippen LogP contribution in [0.4, 0.5) is 0 Å². The van der Waals surface area contributed by atoms with E-state index in [0.29, 0.717) is 5.92 Å². The average molecular weight is 138 g/mol. The summed E-state index contributed by atoms with van der Waals surface area (Å²) in [5.74, 6) is 1.30. The van der Waals surface area contributed by atoms with E-state index < -0.39 is 0 Å². The molecular formula is C10H18. The summed E-state index contributed by atoms with van der Waals surface area (Å²) in [6.45, 7) is 10.3. The summed E-state index contributed by atoms with van der Waals surface area (Å²) in [4.78, 5) is 0. The fourth-order valence-corrected chi connectivity index (χ4v) is 0.644. The molecule has 0 heterocycles. The SMILES string of the molecule is C=CC(C)C=CCC(C)C. The molecule has 0 fully saturated rings. The van der Waals surface area contributed by atoms with Crippen molar-refractivity contribution in [3.63, 3.8) is 0 Å². The molecule has 0 saturated carbocycles. The molecule has 0 amide bonds. The van der Waals surface area contributed by atoms with E-state index in [1.165, 1.54) is 6.42 Å². The predicted molar refractivity (Wildman–Crippen MR) is 48.0 cm³/mol. The summed E-state index contributed by atoms with van der Waals surface area (Å²) in [6, 6.07) is 0. The summed E-state index contributed by atoms with van der Waals surface area (Å²) < 4.78 is 0. The molecule has 1 atom stereocenters. The molecule has 0 aromatic heterocycles. The summed E-state index contributed by atoms with van der Waals surface area (Å²) in [5, 5.41) is 0. The molecule has 0 bridgehead atoms. The standard InChI is InChI=1S/C10H18/c1-5-10(4)8-6-7-9(2)3/h5-6,8-10H,1,7H2,2-4H3. The first-order chi connectivity index (χ1) is 4.66. The van der Waals surface area contributed by atoms with Crippen molar-refractivity contribution in [1.82, 2.24) is 0 Å². The van der Waals surface area contributed by atoms with E-state index in [1.54, 1.807) is 0 Å². The fourth-order valence-electron chi connectivity index (χ4n) is 0.644. The first kappa shape index (κ1) is 9.48. The van der Waals surface area contributed by atoms with Crippen molar-refractivity contribution < 1.29 is 0 Å². The molecule has 0 heteroatoms. The molecule has 0 aliphatic rings. The minimum absolute atomic E-state index is 0.527. The van der Waals surface area contributed by atoms with Crippen LogP contribution in [0.5, 0.6) is 0 Å². The second kappa shape index (κ2) is 5.28. The van der Waals surface area contributed by atoms with E-state index in [2.05, 4.69) is 39.5 Å². The zero-order valence-electron chi connectivity index (χ0n) is 7.30. The third-order valence-electron chi connectivity index (χ3n) is 1.42. The maximum absolute atomic E-state index is 3.71. The largest absolute Gasteiger partial charge is 0.102 e. The van der Waals surface area contributed by atoms with Crippen LogP contribution in [0.3, 0.4) is 0 Å². The Morgan fingerprint density at radius 3 is 2.30 bits per heavy atom. The van der Waals surface area contributed by atoms with Gasteiger partial charge in [-0.05, 0) is 18.3 Å². The van der Waals surface area contributed by atoms with Crippen molar-refractivity contribution in [3.05, 3.63) is 24.8 Å². The molecule has 0 saturated heterocycles. The van der Waals surface area contributed by atoms with E-state index in [-0.39, 0.29) is 0 Å². The maximum Gasteiger partial charge on any atom is -0.00846 e. The molecule has 10 heavy (non-hydrogen) atoms. The number of hydrogen-bond donors (Lipinski definition) is 0. The van der Waals surface area contributed by atoms with Crippen LogP contribution in [0.2, 0.25) is 0 Å². The first-order valence-electron chi connectivity index (χ1n) is 3.96. The first-order valence-corrected chi connectivity index (χ1v) is 3.96. The van der Waals surface area contributed by atoms with Crippen molar-refractivity contribution in [2.24, 2.45) is 11.8 Å². The molecule has 58 valence electrons. The monoisotopic (exact) mass is 138 g/mol. The van der Waals surface area contributed by atoms with Crippen LogP contribution in [-0.4, -0.2) is 0 Å². The molecule has 0 aromatic rings. The van der Waals surface area contributed by atoms with Gasteiger partial charge in [0.15, 0.2) is 0 Å². The van der Waals surface area contributed by atoms with E-state index >= 15 is 0 Å². The van der Waals surface area contributed by atoms with Crippen molar-refractivity contribution in [2.45, 2.75) is 27.2 Å². The van der Waals surface area contributed by atoms with Gasteiger partial charge in [0.2, 0.25) is 0 Å². The number of hydrogen-bond acceptors (Lipinski definition) is 0. The highest BCUT2D eigenvalue weighted by atomic mass is 13.9. The minimum Gasteiger partial charge on any atom is -0.102 e. The van der Waals surface area contributed by atoms with Gasteiger partial charge >= 0.3 is 0 Å². The molecule has 1 unspecified atom stereocenters. The molecule has 0 N–H and O–H groups in total. The maximum atomic E-state index is 3.71. The van der Waals surface area contributed by atoms with Crippen LogP contribution in [0.25, 0.3) is 0 Å². The molecule has 0 spiro atoms. The molecule has 0 aliphatic heterocycles. The molecule has 0 aromatic carbocycles. The van der Waals surface area contributed by atoms with Gasteiger partial charge < -0.3 is 0 Å². The molecule has 0 aliphatic carbocycles. The smallest absolute Gasteiger partial charge is 0.00846 e. The molecule has 0 nitrogen and oxygen atoms in total. The van der Waals surface area contributed by atoms with Crippen molar-refractivity contribution in [3.8, 4) is 0 Å². The van der Waals surface area contributed by atoms with Gasteiger partial charge in [0.05, 0.1) is 0 Å². The van der Waals surface area contributed by atoms with Crippen LogP contribution in [0, 0.1) is 11.8 Å². The predicted octanol–water partition coefficient (Wildman–Crippen LogP) is 3.41. The number of rotatable bonds is 4. The Morgan fingerprint density at radius 1 is 1.30 bits per heavy atom.